The van der Waals surface area contributed by atoms with Gasteiger partial charge in [-0.25, -0.2) is 0 Å². The topological polar surface area (TPSA) is 60.2 Å². The van der Waals surface area contributed by atoms with E-state index < -0.39 is 0 Å². The number of phenols is 1. The van der Waals surface area contributed by atoms with Crippen molar-refractivity contribution in [2.45, 2.75) is 20.8 Å². The van der Waals surface area contributed by atoms with Gasteiger partial charge >= 0.3 is 0 Å². The summed E-state index contributed by atoms with van der Waals surface area (Å²) in [5.74, 6) is 1.03. The summed E-state index contributed by atoms with van der Waals surface area (Å²) in [5, 5.41) is 22.6. The lowest BCUT2D eigenvalue weighted by atomic mass is 9.96. The van der Waals surface area contributed by atoms with Crippen LogP contribution in [0, 0.1) is 6.92 Å². The van der Waals surface area contributed by atoms with E-state index in [4.69, 9.17) is 0 Å². The molecule has 26 heavy (non-hydrogen) atoms. The smallest absolute Gasteiger partial charge is 0.125 e. The second kappa shape index (κ2) is 9.15. The molecule has 0 spiro atoms. The first kappa shape index (κ1) is 19.7. The molecule has 1 aliphatic heterocycles. The van der Waals surface area contributed by atoms with E-state index in [2.05, 4.69) is 33.6 Å². The summed E-state index contributed by atoms with van der Waals surface area (Å²) in [4.78, 5) is 2.19. The highest BCUT2D eigenvalue weighted by Crippen LogP contribution is 2.28. The van der Waals surface area contributed by atoms with Crippen molar-refractivity contribution in [1.82, 2.24) is 10.2 Å². The van der Waals surface area contributed by atoms with E-state index in [-0.39, 0.29) is 5.75 Å². The lowest BCUT2D eigenvalue weighted by Crippen LogP contribution is -2.45. The minimum atomic E-state index is 0.162. The van der Waals surface area contributed by atoms with Crippen molar-refractivity contribution in [3.63, 3.8) is 0 Å². The molecule has 0 bridgehead atoms. The van der Waals surface area contributed by atoms with Crippen molar-refractivity contribution in [2.75, 3.05) is 26.2 Å². The maximum absolute atomic E-state index is 10.6. The number of aromatic hydroxyl groups is 1. The van der Waals surface area contributed by atoms with E-state index >= 15 is 0 Å². The number of piperazine rings is 1. The molecular formula is C21H28N4O. The van der Waals surface area contributed by atoms with Crippen LogP contribution >= 0.6 is 0 Å². The van der Waals surface area contributed by atoms with Gasteiger partial charge in [-0.3, -0.25) is 0 Å². The van der Waals surface area contributed by atoms with Gasteiger partial charge in [-0.1, -0.05) is 31.4 Å². The number of hydrogen-bond acceptors (Lipinski definition) is 4. The van der Waals surface area contributed by atoms with Crippen molar-refractivity contribution in [3.8, 4) is 5.75 Å². The van der Waals surface area contributed by atoms with Gasteiger partial charge in [0.25, 0.3) is 0 Å². The highest BCUT2D eigenvalue weighted by molar-refractivity contribution is 6.11. The van der Waals surface area contributed by atoms with Crippen LogP contribution in [0.15, 0.2) is 53.7 Å². The zero-order valence-electron chi connectivity index (χ0n) is 15.9. The Kier molecular flexibility index (Phi) is 6.92. The number of phenolic OH excluding ortho intramolecular Hbond substituents is 1. The normalized spacial score (nSPS) is 16.6. The minimum Gasteiger partial charge on any atom is -0.507 e. The van der Waals surface area contributed by atoms with E-state index in [0.717, 1.165) is 48.7 Å². The van der Waals surface area contributed by atoms with E-state index in [1.165, 1.54) is 0 Å². The Hall–Kier alpha value is -2.66. The molecule has 0 aliphatic carbocycles. The van der Waals surface area contributed by atoms with Crippen LogP contribution in [-0.4, -0.2) is 47.7 Å². The number of rotatable bonds is 5. The Morgan fingerprint density at radius 2 is 1.88 bits per heavy atom. The van der Waals surface area contributed by atoms with Crippen molar-refractivity contribution < 1.29 is 5.11 Å². The fourth-order valence-corrected chi connectivity index (χ4v) is 3.04. The van der Waals surface area contributed by atoms with Crippen LogP contribution < -0.4 is 5.32 Å². The summed E-state index contributed by atoms with van der Waals surface area (Å²) >= 11 is 0. The summed E-state index contributed by atoms with van der Waals surface area (Å²) in [6.45, 7) is 17.2. The van der Waals surface area contributed by atoms with E-state index in [1.807, 2.05) is 32.9 Å². The van der Waals surface area contributed by atoms with E-state index in [1.54, 1.807) is 18.2 Å². The molecule has 2 rings (SSSR count). The second-order valence-electron chi connectivity index (χ2n) is 6.21. The molecule has 1 aliphatic rings. The largest absolute Gasteiger partial charge is 0.507 e. The zero-order chi connectivity index (χ0) is 19.1. The average Bonchev–Trinajstić information content (AvgIpc) is 2.65. The molecule has 0 amide bonds. The molecule has 138 valence electrons. The molecule has 2 N–H and O–H groups in total. The minimum absolute atomic E-state index is 0.162. The third-order valence-corrected chi connectivity index (χ3v) is 4.51. The van der Waals surface area contributed by atoms with Crippen molar-refractivity contribution in [2.24, 2.45) is 10.2 Å². The summed E-state index contributed by atoms with van der Waals surface area (Å²) < 4.78 is 0. The summed E-state index contributed by atoms with van der Waals surface area (Å²) in [5.41, 5.74) is 4.02. The van der Waals surface area contributed by atoms with Crippen LogP contribution in [0.4, 0.5) is 0 Å². The van der Waals surface area contributed by atoms with Crippen molar-refractivity contribution >= 4 is 17.1 Å². The molecule has 1 saturated heterocycles. The number of nitrogens with zero attached hydrogens (tertiary/aromatic N) is 3. The molecule has 0 saturated carbocycles. The van der Waals surface area contributed by atoms with Gasteiger partial charge in [0, 0.05) is 31.7 Å². The number of nitrogens with one attached hydrogen (secondary N) is 1. The molecule has 1 aromatic carbocycles. The molecule has 0 radical (unpaired) electrons. The number of allylic oxidation sites excluding steroid dienone is 4. The van der Waals surface area contributed by atoms with Crippen LogP contribution in [0.5, 0.6) is 5.75 Å². The Balaban J connectivity index is 2.37. The van der Waals surface area contributed by atoms with Crippen LogP contribution in [0.1, 0.15) is 30.5 Å². The Morgan fingerprint density at radius 3 is 2.42 bits per heavy atom. The molecule has 0 atom stereocenters. The van der Waals surface area contributed by atoms with Crippen molar-refractivity contribution in [3.05, 3.63) is 60.2 Å². The van der Waals surface area contributed by atoms with E-state index in [9.17, 15) is 5.11 Å². The number of amidine groups is 1. The zero-order valence-corrected chi connectivity index (χ0v) is 15.9. The van der Waals surface area contributed by atoms with Gasteiger partial charge in [0.15, 0.2) is 0 Å². The van der Waals surface area contributed by atoms with Crippen LogP contribution in [0.25, 0.3) is 5.57 Å². The highest BCUT2D eigenvalue weighted by Gasteiger charge is 2.14. The predicted molar refractivity (Wildman–Crippen MR) is 111 cm³/mol. The molecule has 0 aromatic heterocycles. The highest BCUT2D eigenvalue weighted by atomic mass is 16.3. The van der Waals surface area contributed by atoms with Gasteiger partial charge in [0.1, 0.15) is 11.6 Å². The number of aryl methyl sites for hydroxylation is 1. The van der Waals surface area contributed by atoms with Gasteiger partial charge in [-0.2, -0.15) is 0 Å². The first-order valence-electron chi connectivity index (χ1n) is 8.85. The molecule has 1 heterocycles. The third kappa shape index (κ3) is 4.49. The van der Waals surface area contributed by atoms with Crippen LogP contribution in [-0.2, 0) is 0 Å². The monoisotopic (exact) mass is 352 g/mol. The van der Waals surface area contributed by atoms with Gasteiger partial charge in [-0.05, 0) is 49.6 Å². The molecular weight excluding hydrogens is 324 g/mol. The quantitative estimate of drug-likeness (QED) is 0.369. The molecule has 1 aromatic rings. The number of hydrogen-bond donors (Lipinski definition) is 2. The lowest BCUT2D eigenvalue weighted by Gasteiger charge is -2.28. The summed E-state index contributed by atoms with van der Waals surface area (Å²) in [7, 11) is 0. The van der Waals surface area contributed by atoms with Gasteiger partial charge in [0.2, 0.25) is 0 Å². The summed E-state index contributed by atoms with van der Waals surface area (Å²) in [6.07, 6.45) is 5.36. The van der Waals surface area contributed by atoms with Crippen molar-refractivity contribution in [1.29, 1.82) is 0 Å². The maximum Gasteiger partial charge on any atom is 0.125 e. The lowest BCUT2D eigenvalue weighted by molar-refractivity contribution is 0.355. The molecule has 1 fully saturated rings. The predicted octanol–water partition coefficient (Wildman–Crippen LogP) is 3.50. The van der Waals surface area contributed by atoms with Crippen LogP contribution in [0.2, 0.25) is 0 Å². The Morgan fingerprint density at radius 1 is 1.19 bits per heavy atom. The summed E-state index contributed by atoms with van der Waals surface area (Å²) in [6, 6.07) is 3.74. The molecule has 5 nitrogen and oxygen atoms in total. The maximum atomic E-state index is 10.6. The standard InChI is InChI=1S/C21H28N4O/c1-6-17(7-2)18-13-15(4)21(20(26)14-18)19(8-3)24-23-16(5)25-11-9-22-10-12-25/h6-8,13-14,22,26H,1,3,9-12H2,2,4-5H3/b17-7+,23-16+,24-19+. The van der Waals surface area contributed by atoms with Gasteiger partial charge in [0.05, 0.1) is 5.71 Å². The van der Waals surface area contributed by atoms with Gasteiger partial charge in [-0.15, -0.1) is 10.2 Å². The first-order chi connectivity index (χ1) is 12.5. The fourth-order valence-electron chi connectivity index (χ4n) is 3.04. The molecule has 0 unspecified atom stereocenters. The first-order valence-corrected chi connectivity index (χ1v) is 8.85. The Labute approximate surface area is 156 Å². The molecule has 5 heteroatoms. The third-order valence-electron chi connectivity index (χ3n) is 4.51. The van der Waals surface area contributed by atoms with E-state index in [0.29, 0.717) is 11.3 Å². The van der Waals surface area contributed by atoms with Crippen LogP contribution in [0.3, 0.4) is 0 Å². The average molecular weight is 352 g/mol. The second-order valence-corrected chi connectivity index (χ2v) is 6.21. The SMILES string of the molecule is C=C/C(=C\C)c1cc(C)c(/C(C=C)=N/N=C(\C)N2CCNCC2)c(O)c1. The Bertz CT molecular complexity index is 745. The fraction of sp³-hybridized carbons (Fsp3) is 0.333. The number of benzene rings is 1. The van der Waals surface area contributed by atoms with Gasteiger partial charge < -0.3 is 15.3 Å².